The highest BCUT2D eigenvalue weighted by molar-refractivity contribution is 5.85. The van der Waals surface area contributed by atoms with Gasteiger partial charge in [-0.2, -0.15) is 9.28 Å². The maximum absolute atomic E-state index is 12.8. The fourth-order valence-corrected chi connectivity index (χ4v) is 3.24. The molecule has 1 aromatic rings. The monoisotopic (exact) mass is 308 g/mol. The lowest BCUT2D eigenvalue weighted by atomic mass is 9.90. The largest absolute Gasteiger partial charge is 0.523 e. The van der Waals surface area contributed by atoms with Gasteiger partial charge in [0.2, 0.25) is 0 Å². The minimum atomic E-state index is -0.429. The van der Waals surface area contributed by atoms with Crippen LogP contribution >= 0.6 is 0 Å². The summed E-state index contributed by atoms with van der Waals surface area (Å²) in [7, 11) is 3.59. The summed E-state index contributed by atoms with van der Waals surface area (Å²) >= 11 is 0. The molecule has 0 aliphatic carbocycles. The second kappa shape index (κ2) is 6.60. The van der Waals surface area contributed by atoms with Crippen LogP contribution < -0.4 is 0 Å². The van der Waals surface area contributed by atoms with Crippen molar-refractivity contribution < 1.29 is 18.8 Å². The molecule has 6 nitrogen and oxygen atoms in total. The number of quaternary nitrogens is 1. The van der Waals surface area contributed by atoms with Crippen molar-refractivity contribution in [2.75, 3.05) is 20.2 Å². The Balaban J connectivity index is 2.22. The number of amides is 2. The SMILES string of the molecule is CCCCOC(=O)[N+]1(C)C[C@H](c2cncn2C)[C@@H](CC)C1=O. The molecule has 0 bridgehead atoms. The first-order chi connectivity index (χ1) is 10.5. The van der Waals surface area contributed by atoms with E-state index in [1.54, 1.807) is 19.6 Å². The van der Waals surface area contributed by atoms with E-state index in [1.165, 1.54) is 0 Å². The molecule has 1 aromatic heterocycles. The number of hydrogen-bond donors (Lipinski definition) is 0. The van der Waals surface area contributed by atoms with E-state index in [9.17, 15) is 9.59 Å². The second-order valence-corrected chi connectivity index (χ2v) is 6.23. The Morgan fingerprint density at radius 2 is 2.23 bits per heavy atom. The van der Waals surface area contributed by atoms with Gasteiger partial charge in [-0.15, -0.1) is 0 Å². The maximum atomic E-state index is 12.8. The Labute approximate surface area is 131 Å². The Morgan fingerprint density at radius 1 is 1.50 bits per heavy atom. The number of carbonyl (C=O) groups excluding carboxylic acids is 2. The molecule has 2 amide bonds. The van der Waals surface area contributed by atoms with E-state index in [1.807, 2.05) is 25.5 Å². The van der Waals surface area contributed by atoms with Crippen LogP contribution in [-0.2, 0) is 16.6 Å². The first-order valence-corrected chi connectivity index (χ1v) is 7.99. The molecular weight excluding hydrogens is 282 g/mol. The summed E-state index contributed by atoms with van der Waals surface area (Å²) in [5, 5.41) is 0. The van der Waals surface area contributed by atoms with Gasteiger partial charge in [0.15, 0.2) is 0 Å². The molecule has 0 N–H and O–H groups in total. The molecule has 1 fully saturated rings. The Hall–Kier alpha value is -1.69. The van der Waals surface area contributed by atoms with Crippen molar-refractivity contribution in [3.8, 4) is 0 Å². The first-order valence-electron chi connectivity index (χ1n) is 7.99. The molecule has 1 aliphatic heterocycles. The predicted molar refractivity (Wildman–Crippen MR) is 82.0 cm³/mol. The Morgan fingerprint density at radius 3 is 2.77 bits per heavy atom. The zero-order valence-electron chi connectivity index (χ0n) is 13.9. The van der Waals surface area contributed by atoms with Crippen molar-refractivity contribution in [2.45, 2.75) is 39.0 Å². The highest BCUT2D eigenvalue weighted by atomic mass is 16.6. The number of likely N-dealkylation sites (N-methyl/N-ethyl adjacent to an activating group) is 1. The van der Waals surface area contributed by atoms with Crippen LogP contribution in [0.25, 0.3) is 0 Å². The van der Waals surface area contributed by atoms with Crippen LogP contribution in [0.2, 0.25) is 0 Å². The Bertz CT molecular complexity index is 555. The van der Waals surface area contributed by atoms with Gasteiger partial charge in [-0.25, -0.2) is 9.78 Å². The molecule has 1 saturated heterocycles. The minimum Gasteiger partial charge on any atom is -0.420 e. The highest BCUT2D eigenvalue weighted by Crippen LogP contribution is 2.39. The summed E-state index contributed by atoms with van der Waals surface area (Å²) in [4.78, 5) is 29.4. The lowest BCUT2D eigenvalue weighted by Crippen LogP contribution is -2.51. The molecule has 0 saturated carbocycles. The number of imide groups is 1. The molecule has 122 valence electrons. The summed E-state index contributed by atoms with van der Waals surface area (Å²) in [6.07, 6.45) is 5.59. The lowest BCUT2D eigenvalue weighted by molar-refractivity contribution is -0.753. The molecule has 0 radical (unpaired) electrons. The van der Waals surface area contributed by atoms with Gasteiger partial charge < -0.3 is 9.30 Å². The topological polar surface area (TPSA) is 61.2 Å². The molecule has 6 heteroatoms. The van der Waals surface area contributed by atoms with Crippen LogP contribution in [0.3, 0.4) is 0 Å². The van der Waals surface area contributed by atoms with E-state index in [0.29, 0.717) is 19.6 Å². The standard InChI is InChI=1S/C16H26N3O3/c1-5-7-8-22-16(21)19(4)10-13(12(6-2)15(19)20)14-9-17-11-18(14)3/h9,11-13H,5-8,10H2,1-4H3/q+1/t12-,13+,19?/m1/s1. The van der Waals surface area contributed by atoms with Crippen LogP contribution in [0.1, 0.15) is 44.7 Å². The average molecular weight is 308 g/mol. The van der Waals surface area contributed by atoms with Crippen LogP contribution in [0.4, 0.5) is 4.79 Å². The van der Waals surface area contributed by atoms with Gasteiger partial charge in [0, 0.05) is 18.9 Å². The number of hydrogen-bond acceptors (Lipinski definition) is 4. The van der Waals surface area contributed by atoms with E-state index in [4.69, 9.17) is 4.74 Å². The van der Waals surface area contributed by atoms with E-state index in [-0.39, 0.29) is 22.2 Å². The molecule has 3 atom stereocenters. The van der Waals surface area contributed by atoms with E-state index in [0.717, 1.165) is 18.5 Å². The Kier molecular flexibility index (Phi) is 5.01. The van der Waals surface area contributed by atoms with Gasteiger partial charge >= 0.3 is 12.0 Å². The van der Waals surface area contributed by atoms with Crippen LogP contribution in [0.15, 0.2) is 12.5 Å². The van der Waals surface area contributed by atoms with Crippen molar-refractivity contribution in [1.82, 2.24) is 9.55 Å². The fraction of sp³-hybridized carbons (Fsp3) is 0.688. The summed E-state index contributed by atoms with van der Waals surface area (Å²) in [6, 6.07) is 0. The summed E-state index contributed by atoms with van der Waals surface area (Å²) < 4.78 is 6.98. The van der Waals surface area contributed by atoms with E-state index >= 15 is 0 Å². The summed E-state index contributed by atoms with van der Waals surface area (Å²) in [5.41, 5.74) is 1.00. The highest BCUT2D eigenvalue weighted by Gasteiger charge is 2.57. The minimum absolute atomic E-state index is 0.00808. The number of unbranched alkanes of at least 4 members (excludes halogenated alkanes) is 1. The first kappa shape index (κ1) is 16.7. The molecule has 0 spiro atoms. The number of imidazole rings is 1. The van der Waals surface area contributed by atoms with Crippen LogP contribution in [0, 0.1) is 5.92 Å². The third kappa shape index (κ3) is 2.79. The maximum Gasteiger partial charge on any atom is 0.523 e. The smallest absolute Gasteiger partial charge is 0.420 e. The zero-order valence-corrected chi connectivity index (χ0v) is 13.9. The normalized spacial score (nSPS) is 28.1. The van der Waals surface area contributed by atoms with Crippen LogP contribution in [-0.4, -0.2) is 46.2 Å². The van der Waals surface area contributed by atoms with Crippen LogP contribution in [0.5, 0.6) is 0 Å². The van der Waals surface area contributed by atoms with Gasteiger partial charge in [-0.05, 0) is 12.8 Å². The zero-order chi connectivity index (χ0) is 16.3. The number of carbonyl (C=O) groups is 2. The van der Waals surface area contributed by atoms with Gasteiger partial charge in [-0.3, -0.25) is 0 Å². The molecule has 22 heavy (non-hydrogen) atoms. The molecular formula is C16H26N3O3+. The number of rotatable bonds is 5. The van der Waals surface area contributed by atoms with Crippen molar-refractivity contribution in [3.05, 3.63) is 18.2 Å². The molecule has 1 unspecified atom stereocenters. The number of aromatic nitrogens is 2. The van der Waals surface area contributed by atoms with Crippen molar-refractivity contribution >= 4 is 12.0 Å². The van der Waals surface area contributed by atoms with E-state index in [2.05, 4.69) is 4.98 Å². The number of likely N-dealkylation sites (tertiary alicyclic amines) is 1. The lowest BCUT2D eigenvalue weighted by Gasteiger charge is -2.22. The number of nitrogens with zero attached hydrogens (tertiary/aromatic N) is 3. The summed E-state index contributed by atoms with van der Waals surface area (Å²) in [5.74, 6) is -0.206. The predicted octanol–water partition coefficient (Wildman–Crippen LogP) is 2.45. The van der Waals surface area contributed by atoms with Gasteiger partial charge in [0.1, 0.15) is 6.54 Å². The number of ether oxygens (including phenoxy) is 1. The molecule has 1 aliphatic rings. The van der Waals surface area contributed by atoms with Crippen molar-refractivity contribution in [1.29, 1.82) is 0 Å². The second-order valence-electron chi connectivity index (χ2n) is 6.23. The van der Waals surface area contributed by atoms with Crippen molar-refractivity contribution in [2.24, 2.45) is 13.0 Å². The molecule has 0 aromatic carbocycles. The quantitative estimate of drug-likeness (QED) is 0.619. The average Bonchev–Trinajstić information content (AvgIpc) is 3.02. The van der Waals surface area contributed by atoms with Gasteiger partial charge in [0.05, 0.1) is 31.8 Å². The summed E-state index contributed by atoms with van der Waals surface area (Å²) in [6.45, 7) is 4.85. The van der Waals surface area contributed by atoms with Crippen molar-refractivity contribution in [3.63, 3.8) is 0 Å². The van der Waals surface area contributed by atoms with E-state index < -0.39 is 6.09 Å². The number of aryl methyl sites for hydroxylation is 1. The fourth-order valence-electron chi connectivity index (χ4n) is 3.24. The molecule has 2 rings (SSSR count). The third-order valence-corrected chi connectivity index (χ3v) is 4.65. The molecule has 2 heterocycles. The third-order valence-electron chi connectivity index (χ3n) is 4.65. The van der Waals surface area contributed by atoms with Gasteiger partial charge in [-0.1, -0.05) is 20.3 Å². The van der Waals surface area contributed by atoms with Gasteiger partial charge in [0.25, 0.3) is 0 Å².